The zero-order valence-corrected chi connectivity index (χ0v) is 20.2. The molecule has 0 unspecified atom stereocenters. The van der Waals surface area contributed by atoms with Crippen LogP contribution in [0, 0.1) is 5.82 Å². The van der Waals surface area contributed by atoms with Gasteiger partial charge in [-0.25, -0.2) is 9.37 Å². The number of fused-ring (bicyclic) bond motifs is 1. The third-order valence-electron chi connectivity index (χ3n) is 6.82. The highest BCUT2D eigenvalue weighted by atomic mass is 19.1. The summed E-state index contributed by atoms with van der Waals surface area (Å²) in [5.74, 6) is -0.274. The highest BCUT2D eigenvalue weighted by Gasteiger charge is 2.34. The Kier molecular flexibility index (Phi) is 6.23. The third-order valence-corrected chi connectivity index (χ3v) is 6.82. The number of nitrogens with two attached hydrogens (primary N) is 1. The van der Waals surface area contributed by atoms with Crippen molar-refractivity contribution in [2.24, 2.45) is 5.73 Å². The van der Waals surface area contributed by atoms with Crippen molar-refractivity contribution in [2.75, 3.05) is 0 Å². The number of benzene rings is 3. The Labute approximate surface area is 206 Å². The molecule has 5 aromatic rings. The van der Waals surface area contributed by atoms with Gasteiger partial charge >= 0.3 is 0 Å². The maximum absolute atomic E-state index is 14.5. The molecule has 6 rings (SSSR count). The second-order valence-corrected chi connectivity index (χ2v) is 8.88. The summed E-state index contributed by atoms with van der Waals surface area (Å²) in [6, 6.07) is 31.6. The van der Waals surface area contributed by atoms with E-state index in [0.29, 0.717) is 11.3 Å². The Balaban J connectivity index is 0.00000124. The van der Waals surface area contributed by atoms with Gasteiger partial charge in [-0.15, -0.1) is 0 Å². The first-order valence-electron chi connectivity index (χ1n) is 12.4. The van der Waals surface area contributed by atoms with Crippen LogP contribution in [-0.4, -0.2) is 9.55 Å². The van der Waals surface area contributed by atoms with E-state index in [1.165, 1.54) is 18.1 Å². The second kappa shape index (κ2) is 9.47. The van der Waals surface area contributed by atoms with Crippen molar-refractivity contribution in [2.45, 2.75) is 38.6 Å². The molecule has 0 saturated heterocycles. The number of nitrogens with zero attached hydrogens (tertiary/aromatic N) is 2. The largest absolute Gasteiger partial charge is 0.321 e. The van der Waals surface area contributed by atoms with Crippen molar-refractivity contribution in [1.29, 1.82) is 0 Å². The Morgan fingerprint density at radius 3 is 2.17 bits per heavy atom. The molecule has 1 saturated carbocycles. The van der Waals surface area contributed by atoms with Gasteiger partial charge in [0.05, 0.1) is 11.4 Å². The minimum absolute atomic E-state index is 0.199. The van der Waals surface area contributed by atoms with E-state index < -0.39 is 0 Å². The van der Waals surface area contributed by atoms with Gasteiger partial charge in [0, 0.05) is 22.2 Å². The molecule has 1 fully saturated rings. The van der Waals surface area contributed by atoms with Crippen molar-refractivity contribution in [1.82, 2.24) is 9.55 Å². The maximum atomic E-state index is 14.5. The second-order valence-electron chi connectivity index (χ2n) is 8.88. The van der Waals surface area contributed by atoms with Gasteiger partial charge in [0.15, 0.2) is 0 Å². The lowest BCUT2D eigenvalue weighted by Crippen LogP contribution is -2.43. The summed E-state index contributed by atoms with van der Waals surface area (Å²) >= 11 is 0. The standard InChI is InChI=1S/C29H24FN3.C2H6/c30-25-10-5-4-9-24(25)26-16-11-21-19-27(20-7-2-1-3-8-20)33(28(21)32-26)23-14-12-22(13-15-23)29(31)17-6-18-29;1-2/h1-5,7-16,19H,6,17-18,31H2;1-2H3. The van der Waals surface area contributed by atoms with Gasteiger partial charge in [-0.2, -0.15) is 0 Å². The molecule has 0 radical (unpaired) electrons. The van der Waals surface area contributed by atoms with Crippen molar-refractivity contribution < 1.29 is 4.39 Å². The summed E-state index contributed by atoms with van der Waals surface area (Å²) in [6.45, 7) is 4.00. The fourth-order valence-electron chi connectivity index (χ4n) is 4.77. The molecule has 1 aliphatic carbocycles. The Hall–Kier alpha value is -3.76. The van der Waals surface area contributed by atoms with Crippen LogP contribution in [0.2, 0.25) is 0 Å². The Bertz CT molecular complexity index is 1450. The SMILES string of the molecule is CC.NC1(c2ccc(-n3c(-c4ccccc4)cc4ccc(-c5ccccc5F)nc43)cc2)CCC1. The molecule has 0 amide bonds. The van der Waals surface area contributed by atoms with Gasteiger partial charge in [-0.3, -0.25) is 4.57 Å². The summed E-state index contributed by atoms with van der Waals surface area (Å²) in [5, 5.41) is 1.01. The minimum atomic E-state index is -0.274. The zero-order chi connectivity index (χ0) is 24.4. The van der Waals surface area contributed by atoms with Crippen molar-refractivity contribution in [3.63, 3.8) is 0 Å². The average Bonchev–Trinajstić information content (AvgIpc) is 3.28. The van der Waals surface area contributed by atoms with Crippen LogP contribution in [0.15, 0.2) is 97.1 Å². The molecule has 0 atom stereocenters. The molecule has 176 valence electrons. The lowest BCUT2D eigenvalue weighted by molar-refractivity contribution is 0.253. The summed E-state index contributed by atoms with van der Waals surface area (Å²) in [7, 11) is 0. The van der Waals surface area contributed by atoms with E-state index in [-0.39, 0.29) is 11.4 Å². The van der Waals surface area contributed by atoms with E-state index in [4.69, 9.17) is 10.7 Å². The number of pyridine rings is 1. The van der Waals surface area contributed by atoms with Crippen LogP contribution in [0.1, 0.15) is 38.7 Å². The van der Waals surface area contributed by atoms with Crippen LogP contribution in [-0.2, 0) is 5.54 Å². The molecule has 4 heteroatoms. The highest BCUT2D eigenvalue weighted by molar-refractivity contribution is 5.88. The van der Waals surface area contributed by atoms with E-state index in [0.717, 1.165) is 40.8 Å². The maximum Gasteiger partial charge on any atom is 0.145 e. The van der Waals surface area contributed by atoms with E-state index in [9.17, 15) is 4.39 Å². The van der Waals surface area contributed by atoms with E-state index >= 15 is 0 Å². The smallest absolute Gasteiger partial charge is 0.145 e. The zero-order valence-electron chi connectivity index (χ0n) is 20.2. The average molecular weight is 464 g/mol. The monoisotopic (exact) mass is 463 g/mol. The molecule has 2 heterocycles. The molecule has 0 spiro atoms. The van der Waals surface area contributed by atoms with Crippen LogP contribution in [0.3, 0.4) is 0 Å². The van der Waals surface area contributed by atoms with Crippen molar-refractivity contribution in [3.05, 3.63) is 108 Å². The lowest BCUT2D eigenvalue weighted by atomic mass is 9.73. The fraction of sp³-hybridized carbons (Fsp3) is 0.194. The molecule has 1 aliphatic rings. The van der Waals surface area contributed by atoms with Gasteiger partial charge < -0.3 is 5.73 Å². The van der Waals surface area contributed by atoms with E-state index in [1.54, 1.807) is 12.1 Å². The number of halogens is 1. The molecule has 2 aromatic heterocycles. The first-order chi connectivity index (χ1) is 17.1. The molecular weight excluding hydrogens is 433 g/mol. The topological polar surface area (TPSA) is 43.8 Å². The van der Waals surface area contributed by atoms with Crippen molar-refractivity contribution in [3.8, 4) is 28.2 Å². The molecule has 2 N–H and O–H groups in total. The Morgan fingerprint density at radius 1 is 0.829 bits per heavy atom. The van der Waals surface area contributed by atoms with Crippen LogP contribution in [0.4, 0.5) is 4.39 Å². The number of hydrogen-bond acceptors (Lipinski definition) is 2. The van der Waals surface area contributed by atoms with Crippen molar-refractivity contribution >= 4 is 11.0 Å². The first-order valence-corrected chi connectivity index (χ1v) is 12.4. The van der Waals surface area contributed by atoms with Crippen LogP contribution < -0.4 is 5.73 Å². The number of rotatable bonds is 4. The molecule has 35 heavy (non-hydrogen) atoms. The van der Waals surface area contributed by atoms with Gasteiger partial charge in [0.25, 0.3) is 0 Å². The lowest BCUT2D eigenvalue weighted by Gasteiger charge is -2.38. The Morgan fingerprint density at radius 2 is 1.51 bits per heavy atom. The summed E-state index contributed by atoms with van der Waals surface area (Å²) in [4.78, 5) is 4.93. The quantitative estimate of drug-likeness (QED) is 0.295. The van der Waals surface area contributed by atoms with Gasteiger partial charge in [-0.1, -0.05) is 68.4 Å². The third kappa shape index (κ3) is 4.15. The molecule has 3 nitrogen and oxygen atoms in total. The highest BCUT2D eigenvalue weighted by Crippen LogP contribution is 2.39. The van der Waals surface area contributed by atoms with E-state index in [1.807, 2.05) is 50.2 Å². The molecule has 3 aromatic carbocycles. The molecule has 0 aliphatic heterocycles. The fourth-order valence-corrected chi connectivity index (χ4v) is 4.77. The van der Waals surface area contributed by atoms with Crippen LogP contribution in [0.5, 0.6) is 0 Å². The van der Waals surface area contributed by atoms with Gasteiger partial charge in [-0.05, 0) is 72.9 Å². The normalized spacial score (nSPS) is 14.2. The summed E-state index contributed by atoms with van der Waals surface area (Å²) in [5.41, 5.74) is 12.6. The van der Waals surface area contributed by atoms with Crippen LogP contribution in [0.25, 0.3) is 39.2 Å². The predicted octanol–water partition coefficient (Wildman–Crippen LogP) is 7.86. The van der Waals surface area contributed by atoms with E-state index in [2.05, 4.69) is 47.0 Å². The summed E-state index contributed by atoms with van der Waals surface area (Å²) in [6.07, 6.45) is 3.24. The predicted molar refractivity (Wildman–Crippen MR) is 143 cm³/mol. The number of hydrogen-bond donors (Lipinski definition) is 1. The molecule has 0 bridgehead atoms. The summed E-state index contributed by atoms with van der Waals surface area (Å²) < 4.78 is 16.7. The minimum Gasteiger partial charge on any atom is -0.321 e. The molecular formula is C31H30FN3. The van der Waals surface area contributed by atoms with Gasteiger partial charge in [0.1, 0.15) is 11.5 Å². The number of aromatic nitrogens is 2. The first kappa shape index (κ1) is 23.0. The van der Waals surface area contributed by atoms with Gasteiger partial charge in [0.2, 0.25) is 0 Å². The van der Waals surface area contributed by atoms with Crippen LogP contribution >= 0.6 is 0 Å².